The minimum Gasteiger partial charge on any atom is -0.493 e. The van der Waals surface area contributed by atoms with E-state index in [1.807, 2.05) is 12.1 Å². The van der Waals surface area contributed by atoms with Gasteiger partial charge in [0.1, 0.15) is 12.4 Å². The van der Waals surface area contributed by atoms with Crippen LogP contribution in [0.4, 0.5) is 4.39 Å². The average Bonchev–Trinajstić information content (AvgIpc) is 3.09. The van der Waals surface area contributed by atoms with Gasteiger partial charge in [-0.05, 0) is 46.9 Å². The van der Waals surface area contributed by atoms with Crippen molar-refractivity contribution in [3.8, 4) is 11.5 Å². The molecule has 2 aromatic carbocycles. The summed E-state index contributed by atoms with van der Waals surface area (Å²) >= 11 is 9.96. The van der Waals surface area contributed by atoms with Crippen LogP contribution in [0.5, 0.6) is 11.5 Å². The van der Waals surface area contributed by atoms with Crippen LogP contribution in [0.15, 0.2) is 35.3 Å². The Hall–Kier alpha value is -0.990. The maximum absolute atomic E-state index is 13.9. The van der Waals surface area contributed by atoms with Crippen LogP contribution >= 0.6 is 46.0 Å². The average molecular weight is 478 g/mol. The van der Waals surface area contributed by atoms with E-state index in [0.29, 0.717) is 22.1 Å². The number of hydrogen-bond donors (Lipinski definition) is 0. The summed E-state index contributed by atoms with van der Waals surface area (Å²) in [6.07, 6.45) is 0. The Bertz CT molecular complexity index is 780. The Morgan fingerprint density at radius 3 is 2.88 bits per heavy atom. The Balaban J connectivity index is 1.87. The lowest BCUT2D eigenvalue weighted by atomic mass is 10.2. The van der Waals surface area contributed by atoms with Gasteiger partial charge in [-0.3, -0.25) is 4.99 Å². The number of hydrogen-bond acceptors (Lipinski definition) is 4. The minimum absolute atomic E-state index is 0.0346. The Morgan fingerprint density at radius 2 is 2.21 bits per heavy atom. The van der Waals surface area contributed by atoms with Crippen molar-refractivity contribution in [2.45, 2.75) is 6.61 Å². The van der Waals surface area contributed by atoms with E-state index in [1.54, 1.807) is 31.0 Å². The first-order valence-corrected chi connectivity index (χ1v) is 9.65. The fourth-order valence-electron chi connectivity index (χ4n) is 2.31. The van der Waals surface area contributed by atoms with Crippen molar-refractivity contribution in [2.24, 2.45) is 4.99 Å². The fraction of sp³-hybridized carbons (Fsp3) is 0.235. The summed E-state index contributed by atoms with van der Waals surface area (Å²) in [5.74, 6) is 1.78. The molecular formula is C17H14ClFINO2S. The van der Waals surface area contributed by atoms with E-state index in [2.05, 4.69) is 27.6 Å². The molecule has 0 saturated carbocycles. The Kier molecular flexibility index (Phi) is 5.89. The van der Waals surface area contributed by atoms with Gasteiger partial charge in [-0.25, -0.2) is 4.39 Å². The van der Waals surface area contributed by atoms with Crippen molar-refractivity contribution < 1.29 is 13.9 Å². The van der Waals surface area contributed by atoms with Crippen LogP contribution in [0, 0.1) is 9.39 Å². The molecule has 0 atom stereocenters. The number of thioether (sulfide) groups is 1. The summed E-state index contributed by atoms with van der Waals surface area (Å²) in [4.78, 5) is 4.48. The van der Waals surface area contributed by atoms with Gasteiger partial charge >= 0.3 is 0 Å². The molecule has 2 aromatic rings. The third-order valence-electron chi connectivity index (χ3n) is 3.48. The summed E-state index contributed by atoms with van der Waals surface area (Å²) in [5.41, 5.74) is 1.34. The van der Waals surface area contributed by atoms with Gasteiger partial charge in [0.25, 0.3) is 0 Å². The second-order valence-corrected chi connectivity index (χ2v) is 7.67. The molecular weight excluding hydrogens is 464 g/mol. The van der Waals surface area contributed by atoms with Crippen LogP contribution in [-0.2, 0) is 6.61 Å². The molecule has 126 valence electrons. The predicted molar refractivity (Wildman–Crippen MR) is 105 cm³/mol. The van der Waals surface area contributed by atoms with Crippen molar-refractivity contribution in [1.82, 2.24) is 0 Å². The number of halogens is 3. The van der Waals surface area contributed by atoms with Gasteiger partial charge in [0.15, 0.2) is 11.5 Å². The molecule has 0 aliphatic carbocycles. The van der Waals surface area contributed by atoms with Gasteiger partial charge in [0, 0.05) is 23.4 Å². The molecule has 1 heterocycles. The van der Waals surface area contributed by atoms with Crippen molar-refractivity contribution in [2.75, 3.05) is 19.4 Å². The summed E-state index contributed by atoms with van der Waals surface area (Å²) in [6.45, 7) is 0.871. The molecule has 1 aliphatic rings. The van der Waals surface area contributed by atoms with E-state index in [9.17, 15) is 4.39 Å². The molecule has 0 aromatic heterocycles. The molecule has 0 spiro atoms. The number of aliphatic imine (C=N–C) groups is 1. The van der Waals surface area contributed by atoms with E-state index < -0.39 is 0 Å². The van der Waals surface area contributed by atoms with Gasteiger partial charge in [-0.15, -0.1) is 11.8 Å². The molecule has 0 fully saturated rings. The van der Waals surface area contributed by atoms with Crippen LogP contribution in [0.1, 0.15) is 11.1 Å². The minimum atomic E-state index is -0.384. The van der Waals surface area contributed by atoms with Crippen LogP contribution in [0.3, 0.4) is 0 Å². The SMILES string of the molecule is COc1cc(C2=NCCS2)cc(I)c1OCc1c(F)cccc1Cl. The molecule has 3 nitrogen and oxygen atoms in total. The molecule has 1 aliphatic heterocycles. The second kappa shape index (κ2) is 7.93. The molecule has 0 amide bonds. The van der Waals surface area contributed by atoms with Crippen LogP contribution in [0.25, 0.3) is 0 Å². The standard InChI is InChI=1S/C17H14ClFINO2S/c1-22-15-8-10(17-21-5-6-24-17)7-14(20)16(15)23-9-11-12(18)3-2-4-13(11)19/h2-4,7-8H,5-6,9H2,1H3. The quantitative estimate of drug-likeness (QED) is 0.557. The normalized spacial score (nSPS) is 13.8. The zero-order valence-electron chi connectivity index (χ0n) is 12.8. The topological polar surface area (TPSA) is 30.8 Å². The third-order valence-corrected chi connectivity index (χ3v) is 5.66. The maximum Gasteiger partial charge on any atom is 0.175 e. The highest BCUT2D eigenvalue weighted by Crippen LogP contribution is 2.36. The highest BCUT2D eigenvalue weighted by molar-refractivity contribution is 14.1. The van der Waals surface area contributed by atoms with Gasteiger partial charge in [-0.2, -0.15) is 0 Å². The molecule has 7 heteroatoms. The number of ether oxygens (including phenoxy) is 2. The first-order valence-electron chi connectivity index (χ1n) is 7.21. The maximum atomic E-state index is 13.9. The number of methoxy groups -OCH3 is 1. The lowest BCUT2D eigenvalue weighted by Gasteiger charge is -2.15. The molecule has 3 rings (SSSR count). The van der Waals surface area contributed by atoms with Crippen molar-refractivity contribution >= 4 is 51.0 Å². The van der Waals surface area contributed by atoms with Crippen LogP contribution in [-0.4, -0.2) is 24.5 Å². The Labute approximate surface area is 162 Å². The lowest BCUT2D eigenvalue weighted by Crippen LogP contribution is -2.04. The molecule has 0 bridgehead atoms. The monoisotopic (exact) mass is 477 g/mol. The van der Waals surface area contributed by atoms with Crippen LogP contribution < -0.4 is 9.47 Å². The first-order chi connectivity index (χ1) is 11.6. The summed E-state index contributed by atoms with van der Waals surface area (Å²) in [7, 11) is 1.59. The molecule has 0 radical (unpaired) electrons. The zero-order chi connectivity index (χ0) is 17.1. The van der Waals surface area contributed by atoms with Crippen molar-refractivity contribution in [3.05, 3.63) is 55.9 Å². The van der Waals surface area contributed by atoms with Crippen LogP contribution in [0.2, 0.25) is 5.02 Å². The molecule has 0 saturated heterocycles. The zero-order valence-corrected chi connectivity index (χ0v) is 16.5. The third kappa shape index (κ3) is 3.81. The van der Waals surface area contributed by atoms with Crippen molar-refractivity contribution in [1.29, 1.82) is 0 Å². The summed E-state index contributed by atoms with van der Waals surface area (Å²) < 4.78 is 26.0. The number of benzene rings is 2. The predicted octanol–water partition coefficient (Wildman–Crippen LogP) is 5.16. The van der Waals surface area contributed by atoms with E-state index in [4.69, 9.17) is 21.1 Å². The molecule has 0 unspecified atom stereocenters. The Morgan fingerprint density at radius 1 is 1.38 bits per heavy atom. The summed E-state index contributed by atoms with van der Waals surface area (Å²) in [5, 5.41) is 1.35. The lowest BCUT2D eigenvalue weighted by molar-refractivity contribution is 0.277. The smallest absolute Gasteiger partial charge is 0.175 e. The highest BCUT2D eigenvalue weighted by Gasteiger charge is 2.18. The number of rotatable bonds is 5. The van der Waals surface area contributed by atoms with E-state index in [-0.39, 0.29) is 12.4 Å². The second-order valence-electron chi connectivity index (χ2n) is 5.01. The molecule has 0 N–H and O–H groups in total. The summed E-state index contributed by atoms with van der Waals surface area (Å²) in [6, 6.07) is 8.48. The fourth-order valence-corrected chi connectivity index (χ4v) is 4.13. The van der Waals surface area contributed by atoms with E-state index in [0.717, 1.165) is 26.5 Å². The molecule has 24 heavy (non-hydrogen) atoms. The highest BCUT2D eigenvalue weighted by atomic mass is 127. The van der Waals surface area contributed by atoms with Gasteiger partial charge in [0.05, 0.1) is 20.7 Å². The number of nitrogens with zero attached hydrogens (tertiary/aromatic N) is 1. The van der Waals surface area contributed by atoms with Crippen molar-refractivity contribution in [3.63, 3.8) is 0 Å². The van der Waals surface area contributed by atoms with E-state index >= 15 is 0 Å². The van der Waals surface area contributed by atoms with Gasteiger partial charge in [-0.1, -0.05) is 17.7 Å². The first kappa shape index (κ1) is 17.8. The van der Waals surface area contributed by atoms with Gasteiger partial charge in [0.2, 0.25) is 0 Å². The van der Waals surface area contributed by atoms with Gasteiger partial charge < -0.3 is 9.47 Å². The van der Waals surface area contributed by atoms with E-state index in [1.165, 1.54) is 6.07 Å². The largest absolute Gasteiger partial charge is 0.493 e.